The highest BCUT2D eigenvalue weighted by molar-refractivity contribution is 5.73. The van der Waals surface area contributed by atoms with Crippen molar-refractivity contribution in [2.45, 2.75) is 26.3 Å². The summed E-state index contributed by atoms with van der Waals surface area (Å²) in [5, 5.41) is 8.65. The first-order chi connectivity index (χ1) is 10.3. The van der Waals surface area contributed by atoms with Gasteiger partial charge in [0, 0.05) is 37.9 Å². The molecule has 0 aliphatic carbocycles. The molecule has 0 radical (unpaired) electrons. The Kier molecular flexibility index (Phi) is 4.04. The van der Waals surface area contributed by atoms with Gasteiger partial charge < -0.3 is 5.32 Å². The number of fused-ring (bicyclic) bond motifs is 1. The van der Waals surface area contributed by atoms with Gasteiger partial charge in [0.1, 0.15) is 0 Å². The Balaban J connectivity index is 1.64. The van der Waals surface area contributed by atoms with Gasteiger partial charge in [-0.1, -0.05) is 13.0 Å². The van der Waals surface area contributed by atoms with Crippen LogP contribution in [0.4, 0.5) is 5.95 Å². The highest BCUT2D eigenvalue weighted by atomic mass is 15.3. The lowest BCUT2D eigenvalue weighted by molar-refractivity contribution is 0.607. The molecule has 0 bridgehead atoms. The number of nitrogens with one attached hydrogen (secondary N) is 1. The van der Waals surface area contributed by atoms with Crippen LogP contribution in [0.15, 0.2) is 36.9 Å². The first-order valence-corrected chi connectivity index (χ1v) is 7.18. The lowest BCUT2D eigenvalue weighted by Gasteiger charge is -2.03. The standard InChI is InChI=1S/C15H18N6/c1-2-8-21-11-13-10-18-15(19-14(13)20-21)17-7-5-12-4-3-6-16-9-12/h3-4,6,9-11H,2,5,7-8H2,1H3,(H,17,19,20). The third-order valence-electron chi connectivity index (χ3n) is 3.18. The van der Waals surface area contributed by atoms with Crippen molar-refractivity contribution < 1.29 is 0 Å². The molecule has 0 aliphatic heterocycles. The monoisotopic (exact) mass is 282 g/mol. The third kappa shape index (κ3) is 3.34. The Hall–Kier alpha value is -2.50. The number of pyridine rings is 1. The van der Waals surface area contributed by atoms with Crippen LogP contribution in [0.3, 0.4) is 0 Å². The van der Waals surface area contributed by atoms with Gasteiger partial charge in [-0.15, -0.1) is 0 Å². The number of nitrogens with zero attached hydrogens (tertiary/aromatic N) is 5. The van der Waals surface area contributed by atoms with E-state index in [1.54, 1.807) is 6.20 Å². The summed E-state index contributed by atoms with van der Waals surface area (Å²) in [7, 11) is 0. The van der Waals surface area contributed by atoms with Crippen molar-refractivity contribution in [3.63, 3.8) is 0 Å². The number of rotatable bonds is 6. The van der Waals surface area contributed by atoms with Crippen molar-refractivity contribution in [2.75, 3.05) is 11.9 Å². The third-order valence-corrected chi connectivity index (χ3v) is 3.18. The van der Waals surface area contributed by atoms with Crippen molar-refractivity contribution in [1.82, 2.24) is 24.7 Å². The van der Waals surface area contributed by atoms with Gasteiger partial charge in [-0.05, 0) is 24.5 Å². The molecule has 0 saturated heterocycles. The van der Waals surface area contributed by atoms with Crippen LogP contribution in [0.1, 0.15) is 18.9 Å². The molecule has 1 N–H and O–H groups in total. The Morgan fingerprint density at radius 3 is 3.05 bits per heavy atom. The maximum absolute atomic E-state index is 4.44. The molecular formula is C15H18N6. The Morgan fingerprint density at radius 2 is 2.24 bits per heavy atom. The van der Waals surface area contributed by atoms with Crippen LogP contribution < -0.4 is 5.32 Å². The van der Waals surface area contributed by atoms with Gasteiger partial charge in [-0.25, -0.2) is 4.98 Å². The van der Waals surface area contributed by atoms with E-state index in [-0.39, 0.29) is 0 Å². The largest absolute Gasteiger partial charge is 0.354 e. The molecule has 108 valence electrons. The molecule has 3 rings (SSSR count). The maximum Gasteiger partial charge on any atom is 0.224 e. The molecule has 0 aliphatic rings. The van der Waals surface area contributed by atoms with E-state index < -0.39 is 0 Å². The van der Waals surface area contributed by atoms with Gasteiger partial charge in [-0.3, -0.25) is 9.67 Å². The van der Waals surface area contributed by atoms with E-state index in [0.717, 1.165) is 37.0 Å². The second kappa shape index (κ2) is 6.30. The minimum atomic E-state index is 0.619. The fourth-order valence-corrected chi connectivity index (χ4v) is 2.16. The molecule has 0 aromatic carbocycles. The van der Waals surface area contributed by atoms with Crippen LogP contribution in [0.5, 0.6) is 0 Å². The van der Waals surface area contributed by atoms with Crippen LogP contribution in [-0.2, 0) is 13.0 Å². The van der Waals surface area contributed by atoms with Crippen molar-refractivity contribution in [1.29, 1.82) is 0 Å². The summed E-state index contributed by atoms with van der Waals surface area (Å²) in [6.07, 6.45) is 9.39. The second-order valence-electron chi connectivity index (χ2n) is 4.90. The van der Waals surface area contributed by atoms with Gasteiger partial charge in [0.2, 0.25) is 5.95 Å². The van der Waals surface area contributed by atoms with Crippen molar-refractivity contribution in [3.8, 4) is 0 Å². The highest BCUT2D eigenvalue weighted by Crippen LogP contribution is 2.11. The fraction of sp³-hybridized carbons (Fsp3) is 0.333. The van der Waals surface area contributed by atoms with E-state index in [1.165, 1.54) is 5.56 Å². The van der Waals surface area contributed by atoms with Crippen LogP contribution in [0.2, 0.25) is 0 Å². The first-order valence-electron chi connectivity index (χ1n) is 7.18. The van der Waals surface area contributed by atoms with Gasteiger partial charge in [0.25, 0.3) is 0 Å². The zero-order chi connectivity index (χ0) is 14.5. The molecule has 0 amide bonds. The van der Waals surface area contributed by atoms with E-state index >= 15 is 0 Å². The predicted octanol–water partition coefficient (Wildman–Crippen LogP) is 2.29. The molecule has 0 saturated carbocycles. The Labute approximate surface area is 123 Å². The molecule has 6 heteroatoms. The van der Waals surface area contributed by atoms with Gasteiger partial charge in [0.15, 0.2) is 5.65 Å². The SMILES string of the molecule is CCCn1cc2cnc(NCCc3cccnc3)nc2n1. The average Bonchev–Trinajstić information content (AvgIpc) is 2.90. The lowest BCUT2D eigenvalue weighted by atomic mass is 10.2. The molecule has 3 heterocycles. The summed E-state index contributed by atoms with van der Waals surface area (Å²) < 4.78 is 1.92. The van der Waals surface area contributed by atoms with E-state index in [2.05, 4.69) is 38.4 Å². The quantitative estimate of drug-likeness (QED) is 0.751. The molecule has 0 atom stereocenters. The number of aryl methyl sites for hydroxylation is 1. The smallest absolute Gasteiger partial charge is 0.224 e. The Bertz CT molecular complexity index is 707. The second-order valence-corrected chi connectivity index (χ2v) is 4.90. The summed E-state index contributed by atoms with van der Waals surface area (Å²) >= 11 is 0. The van der Waals surface area contributed by atoms with E-state index in [0.29, 0.717) is 5.95 Å². The predicted molar refractivity (Wildman–Crippen MR) is 82.0 cm³/mol. The van der Waals surface area contributed by atoms with Crippen LogP contribution in [0.25, 0.3) is 11.0 Å². The molecule has 21 heavy (non-hydrogen) atoms. The van der Waals surface area contributed by atoms with Gasteiger partial charge in [-0.2, -0.15) is 10.1 Å². The fourth-order valence-electron chi connectivity index (χ4n) is 2.16. The molecule has 0 unspecified atom stereocenters. The minimum Gasteiger partial charge on any atom is -0.354 e. The summed E-state index contributed by atoms with van der Waals surface area (Å²) in [5.74, 6) is 0.619. The van der Waals surface area contributed by atoms with Gasteiger partial charge >= 0.3 is 0 Å². The molecule has 0 fully saturated rings. The van der Waals surface area contributed by atoms with Crippen molar-refractivity contribution in [2.24, 2.45) is 0 Å². The number of hydrogen-bond donors (Lipinski definition) is 1. The lowest BCUT2D eigenvalue weighted by Crippen LogP contribution is -2.08. The van der Waals surface area contributed by atoms with Crippen molar-refractivity contribution in [3.05, 3.63) is 42.5 Å². The van der Waals surface area contributed by atoms with E-state index in [9.17, 15) is 0 Å². The molecule has 3 aromatic rings. The number of hydrogen-bond acceptors (Lipinski definition) is 5. The molecule has 0 spiro atoms. The number of aromatic nitrogens is 5. The minimum absolute atomic E-state index is 0.619. The first kappa shape index (κ1) is 13.5. The average molecular weight is 282 g/mol. The summed E-state index contributed by atoms with van der Waals surface area (Å²) in [6, 6.07) is 4.00. The van der Waals surface area contributed by atoms with Gasteiger partial charge in [0.05, 0.1) is 5.39 Å². The van der Waals surface area contributed by atoms with E-state index in [4.69, 9.17) is 0 Å². The Morgan fingerprint density at radius 1 is 1.29 bits per heavy atom. The molecule has 6 nitrogen and oxygen atoms in total. The zero-order valence-electron chi connectivity index (χ0n) is 12.0. The zero-order valence-corrected chi connectivity index (χ0v) is 12.0. The van der Waals surface area contributed by atoms with Crippen LogP contribution >= 0.6 is 0 Å². The summed E-state index contributed by atoms with van der Waals surface area (Å²) in [5.41, 5.74) is 1.93. The van der Waals surface area contributed by atoms with E-state index in [1.807, 2.05) is 29.3 Å². The maximum atomic E-state index is 4.44. The van der Waals surface area contributed by atoms with Crippen LogP contribution in [0, 0.1) is 0 Å². The topological polar surface area (TPSA) is 68.5 Å². The normalized spacial score (nSPS) is 10.9. The highest BCUT2D eigenvalue weighted by Gasteiger charge is 2.04. The van der Waals surface area contributed by atoms with Crippen molar-refractivity contribution >= 4 is 17.0 Å². The molecule has 3 aromatic heterocycles. The molecular weight excluding hydrogens is 264 g/mol. The summed E-state index contributed by atoms with van der Waals surface area (Å²) in [4.78, 5) is 12.9. The number of anilines is 1. The van der Waals surface area contributed by atoms with Crippen LogP contribution in [-0.4, -0.2) is 31.3 Å². The summed E-state index contributed by atoms with van der Waals surface area (Å²) in [6.45, 7) is 3.80.